The van der Waals surface area contributed by atoms with E-state index in [9.17, 15) is 19.2 Å². The highest BCUT2D eigenvalue weighted by Crippen LogP contribution is 2.38. The molecule has 6 heteroatoms. The van der Waals surface area contributed by atoms with E-state index in [-0.39, 0.29) is 31.5 Å². The Morgan fingerprint density at radius 2 is 1.75 bits per heavy atom. The van der Waals surface area contributed by atoms with E-state index < -0.39 is 23.3 Å². The van der Waals surface area contributed by atoms with Crippen LogP contribution in [0.2, 0.25) is 0 Å². The summed E-state index contributed by atoms with van der Waals surface area (Å²) in [5.74, 6) is -2.91. The second-order valence-corrected chi connectivity index (χ2v) is 4.15. The molecule has 88 valence electrons. The van der Waals surface area contributed by atoms with Crippen LogP contribution in [0.3, 0.4) is 0 Å². The zero-order valence-corrected chi connectivity index (χ0v) is 8.82. The summed E-state index contributed by atoms with van der Waals surface area (Å²) in [7, 11) is 0. The standard InChI is InChI=1S/C10H12O6/c1-6(11)2-10(3-7(12)13)4-8(14)16-9(15)5-10/h2-5H2,1H3,(H,12,13). The van der Waals surface area contributed by atoms with Gasteiger partial charge < -0.3 is 14.6 Å². The summed E-state index contributed by atoms with van der Waals surface area (Å²) in [4.78, 5) is 44.0. The van der Waals surface area contributed by atoms with Crippen LogP contribution in [0.1, 0.15) is 32.6 Å². The van der Waals surface area contributed by atoms with Gasteiger partial charge in [0.2, 0.25) is 0 Å². The molecule has 0 saturated carbocycles. The minimum Gasteiger partial charge on any atom is -0.481 e. The molecule has 0 radical (unpaired) electrons. The molecule has 0 aromatic carbocycles. The first-order chi connectivity index (χ1) is 7.33. The molecule has 0 bridgehead atoms. The van der Waals surface area contributed by atoms with Crippen LogP contribution in [0.5, 0.6) is 0 Å². The van der Waals surface area contributed by atoms with E-state index in [0.717, 1.165) is 0 Å². The number of carbonyl (C=O) groups excluding carboxylic acids is 3. The highest BCUT2D eigenvalue weighted by atomic mass is 16.6. The Morgan fingerprint density at radius 1 is 1.25 bits per heavy atom. The predicted octanol–water partition coefficient (Wildman–Crippen LogP) is 0.290. The van der Waals surface area contributed by atoms with E-state index in [1.54, 1.807) is 0 Å². The number of ketones is 1. The van der Waals surface area contributed by atoms with Crippen molar-refractivity contribution in [2.75, 3.05) is 0 Å². The van der Waals surface area contributed by atoms with E-state index in [1.807, 2.05) is 0 Å². The van der Waals surface area contributed by atoms with Gasteiger partial charge >= 0.3 is 17.9 Å². The number of cyclic esters (lactones) is 2. The third kappa shape index (κ3) is 3.15. The molecule has 1 rings (SSSR count). The number of aliphatic carboxylic acids is 1. The number of esters is 2. The maximum Gasteiger partial charge on any atom is 0.314 e. The molecule has 0 aliphatic carbocycles. The summed E-state index contributed by atoms with van der Waals surface area (Å²) in [5.41, 5.74) is -1.11. The molecule has 6 nitrogen and oxygen atoms in total. The Morgan fingerprint density at radius 3 is 2.12 bits per heavy atom. The van der Waals surface area contributed by atoms with E-state index in [0.29, 0.717) is 0 Å². The molecule has 1 aliphatic rings. The first-order valence-corrected chi connectivity index (χ1v) is 4.78. The van der Waals surface area contributed by atoms with Crippen molar-refractivity contribution >= 4 is 23.7 Å². The summed E-state index contributed by atoms with van der Waals surface area (Å²) in [6.45, 7) is 1.30. The molecule has 0 amide bonds. The van der Waals surface area contributed by atoms with Crippen molar-refractivity contribution in [1.29, 1.82) is 0 Å². The summed E-state index contributed by atoms with van der Waals surface area (Å²) in [6, 6.07) is 0. The molecule has 0 aromatic heterocycles. The van der Waals surface area contributed by atoms with E-state index in [1.165, 1.54) is 6.92 Å². The predicted molar refractivity (Wildman–Crippen MR) is 50.3 cm³/mol. The molecular weight excluding hydrogens is 216 g/mol. The first kappa shape index (κ1) is 12.4. The van der Waals surface area contributed by atoms with E-state index in [4.69, 9.17) is 5.11 Å². The van der Waals surface area contributed by atoms with Gasteiger partial charge in [-0.25, -0.2) is 0 Å². The number of rotatable bonds is 4. The average molecular weight is 228 g/mol. The van der Waals surface area contributed by atoms with Crippen LogP contribution >= 0.6 is 0 Å². The molecule has 1 N–H and O–H groups in total. The Bertz CT molecular complexity index is 315. The summed E-state index contributed by atoms with van der Waals surface area (Å²) < 4.78 is 4.32. The van der Waals surface area contributed by atoms with Gasteiger partial charge in [-0.2, -0.15) is 0 Å². The molecule has 16 heavy (non-hydrogen) atoms. The molecule has 1 saturated heterocycles. The Hall–Kier alpha value is -1.72. The normalized spacial score (nSPS) is 19.1. The maximum atomic E-state index is 11.1. The molecule has 0 atom stereocenters. The van der Waals surface area contributed by atoms with Gasteiger partial charge in [0.05, 0.1) is 19.3 Å². The fourth-order valence-electron chi connectivity index (χ4n) is 2.04. The van der Waals surface area contributed by atoms with Crippen molar-refractivity contribution in [2.45, 2.75) is 32.6 Å². The molecule has 0 aromatic rings. The number of hydrogen-bond donors (Lipinski definition) is 1. The molecule has 1 heterocycles. The molecule has 1 fully saturated rings. The number of Topliss-reactive ketones (excluding diaryl/α,β-unsaturated/α-hetero) is 1. The van der Waals surface area contributed by atoms with Crippen LogP contribution in [0.25, 0.3) is 0 Å². The molecule has 0 spiro atoms. The van der Waals surface area contributed by atoms with Gasteiger partial charge in [0.1, 0.15) is 5.78 Å². The lowest BCUT2D eigenvalue weighted by atomic mass is 9.73. The van der Waals surface area contributed by atoms with Crippen molar-refractivity contribution in [3.05, 3.63) is 0 Å². The number of carboxylic acids is 1. The highest BCUT2D eigenvalue weighted by Gasteiger charge is 2.43. The Labute approximate surface area is 91.6 Å². The highest BCUT2D eigenvalue weighted by molar-refractivity contribution is 5.91. The van der Waals surface area contributed by atoms with Crippen LogP contribution in [-0.2, 0) is 23.9 Å². The van der Waals surface area contributed by atoms with Crippen LogP contribution in [0.15, 0.2) is 0 Å². The lowest BCUT2D eigenvalue weighted by molar-refractivity contribution is -0.170. The largest absolute Gasteiger partial charge is 0.481 e. The number of carbonyl (C=O) groups is 4. The second-order valence-electron chi connectivity index (χ2n) is 4.15. The van der Waals surface area contributed by atoms with Crippen LogP contribution in [0, 0.1) is 5.41 Å². The van der Waals surface area contributed by atoms with Gasteiger partial charge in [-0.3, -0.25) is 14.4 Å². The van der Waals surface area contributed by atoms with Crippen molar-refractivity contribution in [3.63, 3.8) is 0 Å². The van der Waals surface area contributed by atoms with Gasteiger partial charge in [-0.1, -0.05) is 0 Å². The molecule has 0 unspecified atom stereocenters. The second kappa shape index (κ2) is 4.42. The summed E-state index contributed by atoms with van der Waals surface area (Å²) in [6.07, 6.45) is -0.886. The number of hydrogen-bond acceptors (Lipinski definition) is 5. The average Bonchev–Trinajstić information content (AvgIpc) is 1.95. The van der Waals surface area contributed by atoms with Crippen molar-refractivity contribution in [3.8, 4) is 0 Å². The van der Waals surface area contributed by atoms with E-state index in [2.05, 4.69) is 4.74 Å². The first-order valence-electron chi connectivity index (χ1n) is 4.78. The van der Waals surface area contributed by atoms with Crippen LogP contribution in [-0.4, -0.2) is 28.8 Å². The fraction of sp³-hybridized carbons (Fsp3) is 0.600. The van der Waals surface area contributed by atoms with Crippen molar-refractivity contribution < 1.29 is 29.0 Å². The van der Waals surface area contributed by atoms with Crippen LogP contribution < -0.4 is 0 Å². The zero-order chi connectivity index (χ0) is 12.3. The minimum absolute atomic E-state index is 0.0971. The molecule has 1 aliphatic heterocycles. The van der Waals surface area contributed by atoms with Gasteiger partial charge in [0.15, 0.2) is 0 Å². The third-order valence-corrected chi connectivity index (χ3v) is 2.42. The lowest BCUT2D eigenvalue weighted by Crippen LogP contribution is -2.38. The monoisotopic (exact) mass is 228 g/mol. The van der Waals surface area contributed by atoms with Gasteiger partial charge in [-0.05, 0) is 6.92 Å². The zero-order valence-electron chi connectivity index (χ0n) is 8.82. The van der Waals surface area contributed by atoms with E-state index >= 15 is 0 Å². The SMILES string of the molecule is CC(=O)CC1(CC(=O)O)CC(=O)OC(=O)C1. The van der Waals surface area contributed by atoms with Crippen molar-refractivity contribution in [2.24, 2.45) is 5.41 Å². The Kier molecular flexibility index (Phi) is 3.41. The third-order valence-electron chi connectivity index (χ3n) is 2.42. The topological polar surface area (TPSA) is 97.7 Å². The maximum absolute atomic E-state index is 11.1. The van der Waals surface area contributed by atoms with Gasteiger partial charge in [0.25, 0.3) is 0 Å². The van der Waals surface area contributed by atoms with Crippen molar-refractivity contribution in [1.82, 2.24) is 0 Å². The lowest BCUT2D eigenvalue weighted by Gasteiger charge is -2.32. The number of ether oxygens (including phenoxy) is 1. The smallest absolute Gasteiger partial charge is 0.314 e. The molecular formula is C10H12O6. The minimum atomic E-state index is -1.14. The van der Waals surface area contributed by atoms with Gasteiger partial charge in [-0.15, -0.1) is 0 Å². The quantitative estimate of drug-likeness (QED) is 0.548. The number of carboxylic acid groups (broad SMARTS) is 1. The summed E-state index contributed by atoms with van der Waals surface area (Å²) >= 11 is 0. The van der Waals surface area contributed by atoms with Crippen LogP contribution in [0.4, 0.5) is 0 Å². The fourth-order valence-corrected chi connectivity index (χ4v) is 2.04. The Balaban J connectivity index is 2.92. The van der Waals surface area contributed by atoms with Gasteiger partial charge in [0, 0.05) is 11.8 Å². The summed E-state index contributed by atoms with van der Waals surface area (Å²) in [5, 5.41) is 8.74.